The van der Waals surface area contributed by atoms with E-state index >= 15 is 0 Å². The molecule has 0 radical (unpaired) electrons. The highest BCUT2D eigenvalue weighted by molar-refractivity contribution is 6.08. The Bertz CT molecular complexity index is 1760. The van der Waals surface area contributed by atoms with Crippen molar-refractivity contribution in [3.05, 3.63) is 83.2 Å². The van der Waals surface area contributed by atoms with Crippen LogP contribution in [0, 0.1) is 12.8 Å². The zero-order valence-electron chi connectivity index (χ0n) is 21.4. The second-order valence-corrected chi connectivity index (χ2v) is 10.6. The average molecular weight is 505 g/mol. The van der Waals surface area contributed by atoms with Gasteiger partial charge in [0.25, 0.3) is 5.91 Å². The second-order valence-electron chi connectivity index (χ2n) is 10.6. The molecule has 1 fully saturated rings. The Hall–Kier alpha value is -4.46. The fraction of sp³-hybridized carbons (Fsp3) is 0.267. The lowest BCUT2D eigenvalue weighted by Gasteiger charge is -2.14. The third kappa shape index (κ3) is 3.93. The van der Waals surface area contributed by atoms with E-state index in [9.17, 15) is 9.59 Å². The summed E-state index contributed by atoms with van der Waals surface area (Å²) in [5, 5.41) is 11.4. The van der Waals surface area contributed by atoms with Crippen molar-refractivity contribution < 1.29 is 9.59 Å². The summed E-state index contributed by atoms with van der Waals surface area (Å²) in [6, 6.07) is 16.6. The van der Waals surface area contributed by atoms with Gasteiger partial charge in [-0.25, -0.2) is 4.52 Å². The van der Waals surface area contributed by atoms with Crippen molar-refractivity contribution in [2.24, 2.45) is 13.0 Å². The molecule has 2 amide bonds. The molecule has 7 rings (SSSR count). The maximum Gasteiger partial charge on any atom is 0.253 e. The minimum atomic E-state index is -0.0592. The fourth-order valence-corrected chi connectivity index (χ4v) is 5.53. The van der Waals surface area contributed by atoms with Gasteiger partial charge in [0, 0.05) is 36.3 Å². The minimum Gasteiger partial charge on any atom is -0.350 e. The largest absolute Gasteiger partial charge is 0.350 e. The molecule has 190 valence electrons. The third-order valence-electron chi connectivity index (χ3n) is 7.77. The Balaban J connectivity index is 1.19. The van der Waals surface area contributed by atoms with E-state index < -0.39 is 0 Å². The summed E-state index contributed by atoms with van der Waals surface area (Å²) >= 11 is 0. The number of nitrogens with one attached hydrogen (secondary N) is 2. The number of hydrogen-bond acceptors (Lipinski definition) is 4. The van der Waals surface area contributed by atoms with Crippen molar-refractivity contribution >= 4 is 34.3 Å². The van der Waals surface area contributed by atoms with E-state index in [1.165, 1.54) is 16.7 Å². The van der Waals surface area contributed by atoms with Gasteiger partial charge in [-0.1, -0.05) is 29.8 Å². The van der Waals surface area contributed by atoms with Crippen LogP contribution in [0.15, 0.2) is 60.9 Å². The number of pyridine rings is 1. The maximum absolute atomic E-state index is 13.5. The first-order valence-electron chi connectivity index (χ1n) is 13.1. The Morgan fingerprint density at radius 1 is 1.00 bits per heavy atom. The summed E-state index contributed by atoms with van der Waals surface area (Å²) in [7, 11) is 1.97. The van der Waals surface area contributed by atoms with Gasteiger partial charge in [0.2, 0.25) is 11.9 Å². The number of anilines is 1. The summed E-state index contributed by atoms with van der Waals surface area (Å²) in [4.78, 5) is 30.1. The van der Waals surface area contributed by atoms with Crippen LogP contribution in [-0.2, 0) is 18.3 Å². The van der Waals surface area contributed by atoms with Crippen molar-refractivity contribution in [3.63, 3.8) is 0 Å². The lowest BCUT2D eigenvalue weighted by atomic mass is 10.0. The number of carbonyl (C=O) groups excluding carboxylic acids is 2. The van der Waals surface area contributed by atoms with E-state index in [-0.39, 0.29) is 23.8 Å². The Labute approximate surface area is 219 Å². The van der Waals surface area contributed by atoms with E-state index in [1.807, 2.05) is 42.2 Å². The van der Waals surface area contributed by atoms with Crippen LogP contribution in [0.1, 0.15) is 52.4 Å². The summed E-state index contributed by atoms with van der Waals surface area (Å²) in [6.45, 7) is 2.09. The number of benzene rings is 2. The summed E-state index contributed by atoms with van der Waals surface area (Å²) in [5.74, 6) is 0.336. The summed E-state index contributed by atoms with van der Waals surface area (Å²) < 4.78 is 3.66. The van der Waals surface area contributed by atoms with Crippen LogP contribution in [-0.4, -0.2) is 31.0 Å². The quantitative estimate of drug-likeness (QED) is 0.354. The van der Waals surface area contributed by atoms with Gasteiger partial charge < -0.3 is 9.88 Å². The molecule has 0 aliphatic heterocycles. The van der Waals surface area contributed by atoms with E-state index in [1.54, 1.807) is 4.52 Å². The number of aromatic nitrogens is 4. The van der Waals surface area contributed by atoms with Crippen molar-refractivity contribution in [1.82, 2.24) is 24.5 Å². The van der Waals surface area contributed by atoms with Gasteiger partial charge in [0.1, 0.15) is 0 Å². The standard InChI is InChI=1S/C30H28N6O2/c1-17-3-4-18-7-9-25(22(18)13-17)31-29(38)24-16-35(2)26-10-8-20(14-23(24)26)21-11-12-36-27(15-21)32-30(34-36)33-28(37)19-5-6-19/h3-4,8,10-16,19,25H,5-7,9H2,1-2H3,(H,31,38)(H,33,34,37)/t25-/m0/s1. The highest BCUT2D eigenvalue weighted by atomic mass is 16.2. The summed E-state index contributed by atoms with van der Waals surface area (Å²) in [5.41, 5.74) is 8.01. The van der Waals surface area contributed by atoms with Crippen LogP contribution in [0.3, 0.4) is 0 Å². The third-order valence-corrected chi connectivity index (χ3v) is 7.77. The minimum absolute atomic E-state index is 0.0160. The topological polar surface area (TPSA) is 93.3 Å². The highest BCUT2D eigenvalue weighted by Crippen LogP contribution is 2.34. The van der Waals surface area contributed by atoms with Crippen molar-refractivity contribution in [2.45, 2.75) is 38.6 Å². The van der Waals surface area contributed by atoms with Gasteiger partial charge in [-0.3, -0.25) is 14.9 Å². The molecule has 1 atom stereocenters. The molecule has 0 unspecified atom stereocenters. The first kappa shape index (κ1) is 22.7. The van der Waals surface area contributed by atoms with Crippen LogP contribution < -0.4 is 10.6 Å². The lowest BCUT2D eigenvalue weighted by molar-refractivity contribution is -0.117. The molecular weight excluding hydrogens is 476 g/mol. The zero-order valence-corrected chi connectivity index (χ0v) is 21.4. The molecule has 3 aromatic heterocycles. The molecular formula is C30H28N6O2. The predicted molar refractivity (Wildman–Crippen MR) is 146 cm³/mol. The molecule has 2 aliphatic rings. The van der Waals surface area contributed by atoms with Crippen LogP contribution in [0.4, 0.5) is 5.95 Å². The van der Waals surface area contributed by atoms with Gasteiger partial charge in [0.15, 0.2) is 5.65 Å². The number of rotatable bonds is 5. The van der Waals surface area contributed by atoms with Gasteiger partial charge in [-0.2, -0.15) is 4.98 Å². The van der Waals surface area contributed by atoms with E-state index in [4.69, 9.17) is 0 Å². The first-order valence-corrected chi connectivity index (χ1v) is 13.1. The first-order chi connectivity index (χ1) is 18.4. The van der Waals surface area contributed by atoms with Crippen LogP contribution in [0.25, 0.3) is 27.7 Å². The lowest BCUT2D eigenvalue weighted by Crippen LogP contribution is -2.27. The molecule has 5 aromatic rings. The molecule has 2 N–H and O–H groups in total. The Kier molecular flexibility index (Phi) is 5.11. The average Bonchev–Trinajstić information content (AvgIpc) is 3.47. The molecule has 2 aromatic carbocycles. The van der Waals surface area contributed by atoms with Crippen molar-refractivity contribution in [3.8, 4) is 11.1 Å². The van der Waals surface area contributed by atoms with Crippen LogP contribution >= 0.6 is 0 Å². The molecule has 2 aliphatic carbocycles. The van der Waals surface area contributed by atoms with E-state index in [0.717, 1.165) is 47.7 Å². The fourth-order valence-electron chi connectivity index (χ4n) is 5.53. The molecule has 8 nitrogen and oxygen atoms in total. The molecule has 0 spiro atoms. The van der Waals surface area contributed by atoms with Gasteiger partial charge >= 0.3 is 0 Å². The van der Waals surface area contributed by atoms with Crippen molar-refractivity contribution in [1.29, 1.82) is 0 Å². The van der Waals surface area contributed by atoms with E-state index in [0.29, 0.717) is 17.2 Å². The van der Waals surface area contributed by atoms with E-state index in [2.05, 4.69) is 58.0 Å². The predicted octanol–water partition coefficient (Wildman–Crippen LogP) is 4.96. The zero-order chi connectivity index (χ0) is 26.0. The Morgan fingerprint density at radius 2 is 1.84 bits per heavy atom. The number of aryl methyl sites for hydroxylation is 3. The highest BCUT2D eigenvalue weighted by Gasteiger charge is 2.30. The molecule has 8 heteroatoms. The number of carbonyl (C=O) groups is 2. The molecule has 38 heavy (non-hydrogen) atoms. The van der Waals surface area contributed by atoms with Gasteiger partial charge in [-0.05, 0) is 79.1 Å². The molecule has 0 bridgehead atoms. The number of fused-ring (bicyclic) bond motifs is 3. The number of nitrogens with zero attached hydrogens (tertiary/aromatic N) is 4. The second kappa shape index (κ2) is 8.55. The number of amides is 2. The van der Waals surface area contributed by atoms with Gasteiger partial charge in [0.05, 0.1) is 11.6 Å². The molecule has 3 heterocycles. The normalized spacial score (nSPS) is 16.6. The Morgan fingerprint density at radius 3 is 2.68 bits per heavy atom. The smallest absolute Gasteiger partial charge is 0.253 e. The summed E-state index contributed by atoms with van der Waals surface area (Å²) in [6.07, 6.45) is 7.51. The molecule has 0 saturated heterocycles. The maximum atomic E-state index is 13.5. The van der Waals surface area contributed by atoms with Crippen molar-refractivity contribution in [2.75, 3.05) is 5.32 Å². The number of hydrogen-bond donors (Lipinski definition) is 2. The SMILES string of the molecule is Cc1ccc2c(c1)[C@@H](NC(=O)c1cn(C)c3ccc(-c4ccn5nc(NC(=O)C6CC6)nc5c4)cc13)CC2. The van der Waals surface area contributed by atoms with Crippen LogP contribution in [0.2, 0.25) is 0 Å². The van der Waals surface area contributed by atoms with Gasteiger partial charge in [-0.15, -0.1) is 5.10 Å². The molecule has 1 saturated carbocycles. The van der Waals surface area contributed by atoms with Crippen LogP contribution in [0.5, 0.6) is 0 Å². The monoisotopic (exact) mass is 504 g/mol.